The molecule has 8 nitrogen and oxygen atoms in total. The first-order valence-corrected chi connectivity index (χ1v) is 9.50. The van der Waals surface area contributed by atoms with Gasteiger partial charge in [0.1, 0.15) is 5.82 Å². The number of amides is 1. The third-order valence-corrected chi connectivity index (χ3v) is 5.95. The minimum Gasteiger partial charge on any atom is -0.338 e. The van der Waals surface area contributed by atoms with Gasteiger partial charge in [0.05, 0.1) is 17.1 Å². The van der Waals surface area contributed by atoms with Crippen LogP contribution >= 0.6 is 0 Å². The fourth-order valence-electron chi connectivity index (χ4n) is 2.69. The molecular formula is C16H19FN4O4S. The Labute approximate surface area is 150 Å². The van der Waals surface area contributed by atoms with Crippen molar-refractivity contribution in [2.75, 3.05) is 38.0 Å². The van der Waals surface area contributed by atoms with Gasteiger partial charge in [-0.2, -0.15) is 4.31 Å². The van der Waals surface area contributed by atoms with E-state index in [-0.39, 0.29) is 36.3 Å². The number of carbonyl (C=O) groups excluding carboxylic acids is 1. The molecule has 0 radical (unpaired) electrons. The summed E-state index contributed by atoms with van der Waals surface area (Å²) in [7, 11) is -3.66. The van der Waals surface area contributed by atoms with Gasteiger partial charge in [-0.15, -0.1) is 0 Å². The molecule has 1 fully saturated rings. The van der Waals surface area contributed by atoms with Crippen molar-refractivity contribution in [2.24, 2.45) is 0 Å². The van der Waals surface area contributed by atoms with Crippen molar-refractivity contribution >= 4 is 21.8 Å². The Balaban J connectivity index is 1.53. The molecule has 10 heteroatoms. The zero-order valence-corrected chi connectivity index (χ0v) is 15.0. The van der Waals surface area contributed by atoms with Gasteiger partial charge in [0.2, 0.25) is 21.8 Å². The van der Waals surface area contributed by atoms with E-state index >= 15 is 0 Å². The van der Waals surface area contributed by atoms with Gasteiger partial charge in [0.15, 0.2) is 0 Å². The number of carbonyl (C=O) groups is 1. The minimum atomic E-state index is -3.66. The second kappa shape index (κ2) is 7.52. The van der Waals surface area contributed by atoms with Gasteiger partial charge in [-0.1, -0.05) is 5.16 Å². The van der Waals surface area contributed by atoms with E-state index in [2.05, 4.69) is 10.5 Å². The zero-order chi connectivity index (χ0) is 18.7. The standard InChI is InChI=1S/C16H19FN4O4S/c1-12-10-16(25-19-12)18-15(22)11-20-6-8-21(9-7-20)26(23,24)14-4-2-13(17)3-5-14/h2-5,10H,6-9,11H2,1H3,(H,18,22). The number of halogens is 1. The second-order valence-electron chi connectivity index (χ2n) is 6.01. The van der Waals surface area contributed by atoms with Crippen LogP contribution in [0.4, 0.5) is 10.3 Å². The summed E-state index contributed by atoms with van der Waals surface area (Å²) in [6.07, 6.45) is 0. The number of hydrogen-bond acceptors (Lipinski definition) is 6. The molecule has 0 spiro atoms. The van der Waals surface area contributed by atoms with Crippen molar-refractivity contribution in [2.45, 2.75) is 11.8 Å². The largest absolute Gasteiger partial charge is 0.338 e. The van der Waals surface area contributed by atoms with E-state index in [1.807, 2.05) is 4.90 Å². The molecule has 2 heterocycles. The van der Waals surface area contributed by atoms with Crippen LogP contribution in [0.15, 0.2) is 39.8 Å². The quantitative estimate of drug-likeness (QED) is 0.831. The molecule has 140 valence electrons. The van der Waals surface area contributed by atoms with E-state index in [0.717, 1.165) is 12.1 Å². The average molecular weight is 382 g/mol. The van der Waals surface area contributed by atoms with E-state index in [9.17, 15) is 17.6 Å². The predicted molar refractivity (Wildman–Crippen MR) is 91.5 cm³/mol. The smallest absolute Gasteiger partial charge is 0.243 e. The number of aromatic nitrogens is 1. The number of nitrogens with one attached hydrogen (secondary N) is 1. The summed E-state index contributed by atoms with van der Waals surface area (Å²) in [4.78, 5) is 13.9. The highest BCUT2D eigenvalue weighted by atomic mass is 32.2. The molecule has 1 N–H and O–H groups in total. The summed E-state index contributed by atoms with van der Waals surface area (Å²) in [5.41, 5.74) is 0.667. The van der Waals surface area contributed by atoms with Crippen molar-refractivity contribution in [3.05, 3.63) is 41.8 Å². The van der Waals surface area contributed by atoms with Crippen LogP contribution in [0.1, 0.15) is 5.69 Å². The fourth-order valence-corrected chi connectivity index (χ4v) is 4.11. The lowest BCUT2D eigenvalue weighted by Gasteiger charge is -2.33. The monoisotopic (exact) mass is 382 g/mol. The van der Waals surface area contributed by atoms with Gasteiger partial charge < -0.3 is 4.52 Å². The summed E-state index contributed by atoms with van der Waals surface area (Å²) in [5.74, 6) is -0.456. The highest BCUT2D eigenvalue weighted by molar-refractivity contribution is 7.89. The molecule has 1 aromatic heterocycles. The first-order valence-electron chi connectivity index (χ1n) is 8.06. The topological polar surface area (TPSA) is 95.8 Å². The molecule has 1 amide bonds. The summed E-state index contributed by atoms with van der Waals surface area (Å²) in [6, 6.07) is 6.37. The molecule has 0 aliphatic carbocycles. The van der Waals surface area contributed by atoms with E-state index in [0.29, 0.717) is 18.8 Å². The summed E-state index contributed by atoms with van der Waals surface area (Å²) >= 11 is 0. The van der Waals surface area contributed by atoms with Crippen LogP contribution in [-0.4, -0.2) is 61.4 Å². The lowest BCUT2D eigenvalue weighted by Crippen LogP contribution is -2.50. The maximum atomic E-state index is 13.0. The molecular weight excluding hydrogens is 363 g/mol. The first-order chi connectivity index (χ1) is 12.3. The van der Waals surface area contributed by atoms with Crippen LogP contribution < -0.4 is 5.32 Å². The molecule has 0 unspecified atom stereocenters. The van der Waals surface area contributed by atoms with E-state index in [1.165, 1.54) is 16.4 Å². The number of sulfonamides is 1. The third-order valence-electron chi connectivity index (χ3n) is 4.04. The summed E-state index contributed by atoms with van der Waals surface area (Å²) in [5, 5.41) is 6.29. The Morgan fingerprint density at radius 1 is 1.23 bits per heavy atom. The molecule has 0 bridgehead atoms. The van der Waals surface area contributed by atoms with Crippen molar-refractivity contribution in [1.82, 2.24) is 14.4 Å². The highest BCUT2D eigenvalue weighted by Gasteiger charge is 2.29. The first kappa shape index (κ1) is 18.5. The molecule has 1 aliphatic rings. The van der Waals surface area contributed by atoms with Crippen LogP contribution in [0.25, 0.3) is 0 Å². The molecule has 3 rings (SSSR count). The van der Waals surface area contributed by atoms with Gasteiger partial charge in [-0.3, -0.25) is 15.0 Å². The number of piperazine rings is 1. The summed E-state index contributed by atoms with van der Waals surface area (Å²) < 4.78 is 44.4. The molecule has 1 aliphatic heterocycles. The normalized spacial score (nSPS) is 16.5. The lowest BCUT2D eigenvalue weighted by atomic mass is 10.3. The molecule has 1 aromatic carbocycles. The molecule has 1 saturated heterocycles. The minimum absolute atomic E-state index is 0.0609. The Morgan fingerprint density at radius 3 is 2.46 bits per heavy atom. The lowest BCUT2D eigenvalue weighted by molar-refractivity contribution is -0.117. The Morgan fingerprint density at radius 2 is 1.88 bits per heavy atom. The van der Waals surface area contributed by atoms with Gasteiger partial charge >= 0.3 is 0 Å². The maximum Gasteiger partial charge on any atom is 0.243 e. The fraction of sp³-hybridized carbons (Fsp3) is 0.375. The van der Waals surface area contributed by atoms with Crippen molar-refractivity contribution in [3.8, 4) is 0 Å². The number of hydrogen-bond donors (Lipinski definition) is 1. The van der Waals surface area contributed by atoms with Gasteiger partial charge in [0.25, 0.3) is 0 Å². The number of aryl methyl sites for hydroxylation is 1. The van der Waals surface area contributed by atoms with Gasteiger partial charge in [-0.05, 0) is 31.2 Å². The number of benzene rings is 1. The number of nitrogens with zero attached hydrogens (tertiary/aromatic N) is 3. The number of anilines is 1. The predicted octanol–water partition coefficient (Wildman–Crippen LogP) is 1.07. The Bertz CT molecular complexity index is 874. The molecule has 0 saturated carbocycles. The van der Waals surface area contributed by atoms with E-state index in [4.69, 9.17) is 4.52 Å². The van der Waals surface area contributed by atoms with Gasteiger partial charge in [0, 0.05) is 32.2 Å². The van der Waals surface area contributed by atoms with Gasteiger partial charge in [-0.25, -0.2) is 12.8 Å². The van der Waals surface area contributed by atoms with Crippen LogP contribution in [-0.2, 0) is 14.8 Å². The van der Waals surface area contributed by atoms with Crippen LogP contribution in [0, 0.1) is 12.7 Å². The molecule has 2 aromatic rings. The number of rotatable bonds is 5. The van der Waals surface area contributed by atoms with Crippen LogP contribution in [0.2, 0.25) is 0 Å². The highest BCUT2D eigenvalue weighted by Crippen LogP contribution is 2.18. The van der Waals surface area contributed by atoms with E-state index < -0.39 is 15.8 Å². The summed E-state index contributed by atoms with van der Waals surface area (Å²) in [6.45, 7) is 3.24. The van der Waals surface area contributed by atoms with Crippen LogP contribution in [0.5, 0.6) is 0 Å². The molecule has 0 atom stereocenters. The Hall–Kier alpha value is -2.30. The maximum absolute atomic E-state index is 13.0. The van der Waals surface area contributed by atoms with Crippen molar-refractivity contribution in [1.29, 1.82) is 0 Å². The van der Waals surface area contributed by atoms with E-state index in [1.54, 1.807) is 13.0 Å². The average Bonchev–Trinajstić information content (AvgIpc) is 3.00. The van der Waals surface area contributed by atoms with Crippen LogP contribution in [0.3, 0.4) is 0 Å². The molecule has 26 heavy (non-hydrogen) atoms. The second-order valence-corrected chi connectivity index (χ2v) is 7.95. The zero-order valence-electron chi connectivity index (χ0n) is 14.2. The third kappa shape index (κ3) is 4.26. The van der Waals surface area contributed by atoms with Crippen molar-refractivity contribution < 1.29 is 22.1 Å². The Kier molecular flexibility index (Phi) is 5.35. The SMILES string of the molecule is Cc1cc(NC(=O)CN2CCN(S(=O)(=O)c3ccc(F)cc3)CC2)on1. The van der Waals surface area contributed by atoms with Crippen molar-refractivity contribution in [3.63, 3.8) is 0 Å².